The standard InChI is InChI=1S/C20H20N4O4S/c1-2-28-19(27)13-8-10-14(11-9-13)21-17(25)12-16-18(26)22-20(29-16)24-23-15-6-4-3-5-7-15/h3-11,16,23H,2,12H2,1H3,(H,21,25)(H,22,24,26)/t16-/m1/s1. The summed E-state index contributed by atoms with van der Waals surface area (Å²) in [7, 11) is 0. The quantitative estimate of drug-likeness (QED) is 0.477. The molecule has 9 heteroatoms. The molecular formula is C20H20N4O4S. The Morgan fingerprint density at radius 3 is 2.52 bits per heavy atom. The zero-order valence-electron chi connectivity index (χ0n) is 15.7. The third-order valence-corrected chi connectivity index (χ3v) is 4.97. The largest absolute Gasteiger partial charge is 0.462 e. The van der Waals surface area contributed by atoms with Crippen LogP contribution in [-0.2, 0) is 14.3 Å². The van der Waals surface area contributed by atoms with Crippen LogP contribution in [0.3, 0.4) is 0 Å². The number of carbonyl (C=O) groups is 3. The molecule has 1 aliphatic heterocycles. The average Bonchev–Trinajstić information content (AvgIpc) is 3.07. The lowest BCUT2D eigenvalue weighted by atomic mass is 10.2. The van der Waals surface area contributed by atoms with Crippen molar-refractivity contribution < 1.29 is 19.1 Å². The van der Waals surface area contributed by atoms with Crippen LogP contribution >= 0.6 is 11.8 Å². The smallest absolute Gasteiger partial charge is 0.338 e. The number of hydrogen-bond acceptors (Lipinski definition) is 7. The Kier molecular flexibility index (Phi) is 6.85. The molecule has 1 aliphatic rings. The van der Waals surface area contributed by atoms with Gasteiger partial charge in [-0.3, -0.25) is 15.0 Å². The van der Waals surface area contributed by atoms with E-state index >= 15 is 0 Å². The Bertz CT molecular complexity index is 916. The number of hydrazone groups is 1. The van der Waals surface area contributed by atoms with E-state index in [1.54, 1.807) is 31.2 Å². The maximum absolute atomic E-state index is 12.3. The summed E-state index contributed by atoms with van der Waals surface area (Å²) in [4.78, 5) is 36.0. The van der Waals surface area contributed by atoms with E-state index < -0.39 is 11.2 Å². The fourth-order valence-corrected chi connectivity index (χ4v) is 3.43. The number of rotatable bonds is 7. The number of amidine groups is 1. The van der Waals surface area contributed by atoms with Gasteiger partial charge in [0.1, 0.15) is 5.25 Å². The van der Waals surface area contributed by atoms with Crippen molar-refractivity contribution in [1.29, 1.82) is 0 Å². The monoisotopic (exact) mass is 412 g/mol. The number of nitrogens with zero attached hydrogens (tertiary/aromatic N) is 1. The first-order chi connectivity index (χ1) is 14.0. The summed E-state index contributed by atoms with van der Waals surface area (Å²) in [6, 6.07) is 15.7. The molecule has 2 aromatic rings. The van der Waals surface area contributed by atoms with Crippen molar-refractivity contribution in [3.8, 4) is 0 Å². The highest BCUT2D eigenvalue weighted by molar-refractivity contribution is 8.15. The van der Waals surface area contributed by atoms with Gasteiger partial charge in [0, 0.05) is 12.1 Å². The van der Waals surface area contributed by atoms with Crippen LogP contribution in [0.5, 0.6) is 0 Å². The molecule has 1 atom stereocenters. The molecule has 0 unspecified atom stereocenters. The lowest BCUT2D eigenvalue weighted by Crippen LogP contribution is -2.28. The number of amides is 2. The van der Waals surface area contributed by atoms with Gasteiger partial charge >= 0.3 is 5.97 Å². The van der Waals surface area contributed by atoms with Gasteiger partial charge in [-0.2, -0.15) is 0 Å². The highest BCUT2D eigenvalue weighted by atomic mass is 32.2. The Balaban J connectivity index is 1.51. The topological polar surface area (TPSA) is 109 Å². The molecule has 8 nitrogen and oxygen atoms in total. The second-order valence-corrected chi connectivity index (χ2v) is 7.23. The predicted molar refractivity (Wildman–Crippen MR) is 113 cm³/mol. The van der Waals surface area contributed by atoms with Crippen LogP contribution in [0.25, 0.3) is 0 Å². The highest BCUT2D eigenvalue weighted by Gasteiger charge is 2.32. The van der Waals surface area contributed by atoms with Crippen molar-refractivity contribution in [3.63, 3.8) is 0 Å². The van der Waals surface area contributed by atoms with Crippen LogP contribution in [-0.4, -0.2) is 34.8 Å². The van der Waals surface area contributed by atoms with Gasteiger partial charge in [-0.1, -0.05) is 30.0 Å². The molecule has 29 heavy (non-hydrogen) atoms. The molecule has 1 saturated heterocycles. The van der Waals surface area contributed by atoms with E-state index in [1.165, 1.54) is 11.8 Å². The first kappa shape index (κ1) is 20.4. The number of esters is 1. The van der Waals surface area contributed by atoms with Crippen molar-refractivity contribution in [3.05, 3.63) is 60.2 Å². The molecule has 2 aromatic carbocycles. The van der Waals surface area contributed by atoms with Crippen LogP contribution in [0.2, 0.25) is 0 Å². The second kappa shape index (κ2) is 9.74. The van der Waals surface area contributed by atoms with E-state index in [0.717, 1.165) is 5.69 Å². The molecule has 2 amide bonds. The number of hydrogen-bond donors (Lipinski definition) is 3. The molecule has 0 radical (unpaired) electrons. The Hall–Kier alpha value is -3.33. The minimum absolute atomic E-state index is 0.000481. The van der Waals surface area contributed by atoms with Crippen LogP contribution in [0.1, 0.15) is 23.7 Å². The maximum Gasteiger partial charge on any atom is 0.338 e. The zero-order chi connectivity index (χ0) is 20.6. The van der Waals surface area contributed by atoms with Gasteiger partial charge in [-0.25, -0.2) is 4.79 Å². The number of nitrogens with one attached hydrogen (secondary N) is 3. The number of thioether (sulfide) groups is 1. The fraction of sp³-hybridized carbons (Fsp3) is 0.200. The summed E-state index contributed by atoms with van der Waals surface area (Å²) in [6.45, 7) is 2.03. The summed E-state index contributed by atoms with van der Waals surface area (Å²) in [6.07, 6.45) is 0.000481. The van der Waals surface area contributed by atoms with E-state index in [9.17, 15) is 14.4 Å². The SMILES string of the molecule is CCOC(=O)c1ccc(NC(=O)C[C@H]2S/C(=N/Nc3ccccc3)NC2=O)cc1. The molecular weight excluding hydrogens is 392 g/mol. The molecule has 1 fully saturated rings. The highest BCUT2D eigenvalue weighted by Crippen LogP contribution is 2.23. The molecule has 0 spiro atoms. The van der Waals surface area contributed by atoms with Gasteiger partial charge in [0.25, 0.3) is 0 Å². The van der Waals surface area contributed by atoms with Crippen molar-refractivity contribution in [2.75, 3.05) is 17.3 Å². The van der Waals surface area contributed by atoms with Crippen LogP contribution < -0.4 is 16.1 Å². The van der Waals surface area contributed by atoms with Gasteiger partial charge in [-0.05, 0) is 43.3 Å². The van der Waals surface area contributed by atoms with E-state index in [1.807, 2.05) is 30.3 Å². The fourth-order valence-electron chi connectivity index (χ4n) is 2.50. The van der Waals surface area contributed by atoms with Gasteiger partial charge < -0.3 is 15.4 Å². The van der Waals surface area contributed by atoms with Crippen LogP contribution in [0.4, 0.5) is 11.4 Å². The van der Waals surface area contributed by atoms with Gasteiger partial charge in [0.05, 0.1) is 17.9 Å². The van der Waals surface area contributed by atoms with Gasteiger partial charge in [0.15, 0.2) is 5.17 Å². The number of para-hydroxylation sites is 1. The van der Waals surface area contributed by atoms with Crippen molar-refractivity contribution >= 4 is 46.1 Å². The second-order valence-electron chi connectivity index (χ2n) is 6.04. The average molecular weight is 412 g/mol. The lowest BCUT2D eigenvalue weighted by Gasteiger charge is -2.08. The molecule has 0 aliphatic carbocycles. The summed E-state index contributed by atoms with van der Waals surface area (Å²) in [5.41, 5.74) is 4.59. The number of benzene rings is 2. The van der Waals surface area contributed by atoms with Crippen LogP contribution in [0, 0.1) is 0 Å². The van der Waals surface area contributed by atoms with Crippen molar-refractivity contribution in [2.24, 2.45) is 5.10 Å². The molecule has 0 bridgehead atoms. The molecule has 150 valence electrons. The summed E-state index contributed by atoms with van der Waals surface area (Å²) >= 11 is 1.19. The first-order valence-electron chi connectivity index (χ1n) is 8.98. The molecule has 0 saturated carbocycles. The number of carbonyl (C=O) groups excluding carboxylic acids is 3. The van der Waals surface area contributed by atoms with E-state index in [2.05, 4.69) is 21.2 Å². The maximum atomic E-state index is 12.3. The normalized spacial score (nSPS) is 16.9. The first-order valence-corrected chi connectivity index (χ1v) is 9.86. The Morgan fingerprint density at radius 2 is 1.83 bits per heavy atom. The minimum Gasteiger partial charge on any atom is -0.462 e. The van der Waals surface area contributed by atoms with Gasteiger partial charge in [0.2, 0.25) is 11.8 Å². The van der Waals surface area contributed by atoms with Crippen molar-refractivity contribution in [1.82, 2.24) is 5.32 Å². The third-order valence-electron chi connectivity index (χ3n) is 3.89. The van der Waals surface area contributed by atoms with Gasteiger partial charge in [-0.15, -0.1) is 5.10 Å². The Labute approximate surface area is 172 Å². The molecule has 1 heterocycles. The zero-order valence-corrected chi connectivity index (χ0v) is 16.5. The van der Waals surface area contributed by atoms with E-state index in [4.69, 9.17) is 4.74 Å². The number of ether oxygens (including phenoxy) is 1. The van der Waals surface area contributed by atoms with Crippen LogP contribution in [0.15, 0.2) is 59.7 Å². The Morgan fingerprint density at radius 1 is 1.10 bits per heavy atom. The molecule has 3 N–H and O–H groups in total. The third kappa shape index (κ3) is 5.82. The van der Waals surface area contributed by atoms with Crippen molar-refractivity contribution in [2.45, 2.75) is 18.6 Å². The predicted octanol–water partition coefficient (Wildman–Crippen LogP) is 2.81. The van der Waals surface area contributed by atoms with E-state index in [0.29, 0.717) is 23.0 Å². The summed E-state index contributed by atoms with van der Waals surface area (Å²) in [5, 5.41) is 9.37. The molecule has 0 aromatic heterocycles. The summed E-state index contributed by atoms with van der Waals surface area (Å²) < 4.78 is 4.92. The summed E-state index contributed by atoms with van der Waals surface area (Å²) in [5.74, 6) is -0.990. The minimum atomic E-state index is -0.565. The lowest BCUT2D eigenvalue weighted by molar-refractivity contribution is -0.122. The number of anilines is 2. The van der Waals surface area contributed by atoms with E-state index in [-0.39, 0.29) is 18.2 Å². The molecule has 3 rings (SSSR count).